The van der Waals surface area contributed by atoms with Crippen LogP contribution in [0, 0.1) is 12.8 Å². The average molecular weight is 318 g/mol. The molecule has 0 aliphatic rings. The lowest BCUT2D eigenvalue weighted by molar-refractivity contribution is -0.118. The third kappa shape index (κ3) is 4.29. The van der Waals surface area contributed by atoms with Crippen molar-refractivity contribution in [3.8, 4) is 0 Å². The van der Waals surface area contributed by atoms with Gasteiger partial charge in [0, 0.05) is 16.8 Å². The molecule has 2 atom stereocenters. The first-order valence-corrected chi connectivity index (χ1v) is 8.23. The quantitative estimate of drug-likeness (QED) is 0.761. The lowest BCUT2D eigenvalue weighted by Crippen LogP contribution is -2.40. The minimum atomic E-state index is -0.485. The number of hydrogen-bond acceptors (Lipinski definition) is 5. The summed E-state index contributed by atoms with van der Waals surface area (Å²) in [5.41, 5.74) is 8.59. The molecule has 1 aromatic heterocycles. The summed E-state index contributed by atoms with van der Waals surface area (Å²) in [6, 6.07) is 7.03. The number of carbonyl (C=O) groups excluding carboxylic acids is 1. The number of anilines is 3. The van der Waals surface area contributed by atoms with Gasteiger partial charge in [-0.25, -0.2) is 4.98 Å². The van der Waals surface area contributed by atoms with Crippen molar-refractivity contribution < 1.29 is 4.79 Å². The van der Waals surface area contributed by atoms with Gasteiger partial charge in [-0.3, -0.25) is 4.79 Å². The van der Waals surface area contributed by atoms with Gasteiger partial charge in [0.15, 0.2) is 5.13 Å². The number of amides is 1. The van der Waals surface area contributed by atoms with Crippen molar-refractivity contribution in [1.82, 2.24) is 4.98 Å². The third-order valence-electron chi connectivity index (χ3n) is 3.58. The van der Waals surface area contributed by atoms with Crippen LogP contribution in [0.5, 0.6) is 0 Å². The molecule has 0 saturated heterocycles. The highest BCUT2D eigenvalue weighted by molar-refractivity contribution is 7.13. The maximum Gasteiger partial charge on any atom is 0.241 e. The molecule has 0 radical (unpaired) electrons. The molecule has 118 valence electrons. The second-order valence-electron chi connectivity index (χ2n) is 5.40. The molecule has 0 spiro atoms. The van der Waals surface area contributed by atoms with Crippen molar-refractivity contribution >= 4 is 33.8 Å². The van der Waals surface area contributed by atoms with Crippen molar-refractivity contribution in [3.63, 3.8) is 0 Å². The van der Waals surface area contributed by atoms with Crippen molar-refractivity contribution in [2.24, 2.45) is 11.7 Å². The van der Waals surface area contributed by atoms with Gasteiger partial charge in [-0.05, 0) is 37.1 Å². The molecule has 1 aromatic carbocycles. The van der Waals surface area contributed by atoms with Crippen LogP contribution in [0.4, 0.5) is 16.5 Å². The van der Waals surface area contributed by atoms with Gasteiger partial charge in [-0.2, -0.15) is 0 Å². The van der Waals surface area contributed by atoms with Gasteiger partial charge in [0.1, 0.15) is 0 Å². The molecular weight excluding hydrogens is 296 g/mol. The zero-order valence-corrected chi connectivity index (χ0v) is 13.9. The Bertz CT molecular complexity index is 623. The summed E-state index contributed by atoms with van der Waals surface area (Å²) < 4.78 is 0. The molecule has 4 N–H and O–H groups in total. The van der Waals surface area contributed by atoms with Crippen LogP contribution in [-0.2, 0) is 4.79 Å². The molecule has 0 bridgehead atoms. The minimum Gasteiger partial charge on any atom is -0.332 e. The third-order valence-corrected chi connectivity index (χ3v) is 4.46. The molecule has 2 aromatic rings. The van der Waals surface area contributed by atoms with E-state index in [0.717, 1.165) is 28.6 Å². The first-order valence-electron chi connectivity index (χ1n) is 7.35. The van der Waals surface area contributed by atoms with E-state index in [2.05, 4.69) is 15.6 Å². The average Bonchev–Trinajstić information content (AvgIpc) is 2.92. The fourth-order valence-corrected chi connectivity index (χ4v) is 2.62. The zero-order chi connectivity index (χ0) is 16.1. The summed E-state index contributed by atoms with van der Waals surface area (Å²) in [4.78, 5) is 16.4. The Morgan fingerprint density at radius 3 is 2.50 bits per heavy atom. The zero-order valence-electron chi connectivity index (χ0n) is 13.1. The van der Waals surface area contributed by atoms with Crippen molar-refractivity contribution in [2.75, 3.05) is 10.6 Å². The van der Waals surface area contributed by atoms with Crippen LogP contribution in [-0.4, -0.2) is 16.9 Å². The summed E-state index contributed by atoms with van der Waals surface area (Å²) in [6.45, 7) is 5.96. The lowest BCUT2D eigenvalue weighted by Gasteiger charge is -2.17. The van der Waals surface area contributed by atoms with Crippen LogP contribution in [0.1, 0.15) is 26.0 Å². The Balaban J connectivity index is 1.95. The van der Waals surface area contributed by atoms with Gasteiger partial charge in [-0.15, -0.1) is 11.3 Å². The highest BCUT2D eigenvalue weighted by atomic mass is 32.1. The topological polar surface area (TPSA) is 80.0 Å². The van der Waals surface area contributed by atoms with Gasteiger partial charge >= 0.3 is 0 Å². The number of hydrogen-bond donors (Lipinski definition) is 3. The molecule has 2 unspecified atom stereocenters. The van der Waals surface area contributed by atoms with Crippen LogP contribution in [0.3, 0.4) is 0 Å². The normalized spacial score (nSPS) is 13.5. The number of rotatable bonds is 6. The van der Waals surface area contributed by atoms with E-state index in [4.69, 9.17) is 5.73 Å². The Morgan fingerprint density at radius 1 is 1.32 bits per heavy atom. The van der Waals surface area contributed by atoms with Gasteiger partial charge < -0.3 is 16.4 Å². The molecular formula is C16H22N4OS. The maximum atomic E-state index is 12.0. The molecule has 0 saturated carbocycles. The predicted octanol–water partition coefficient (Wildman–Crippen LogP) is 3.51. The van der Waals surface area contributed by atoms with E-state index < -0.39 is 6.04 Å². The van der Waals surface area contributed by atoms with Crippen molar-refractivity contribution in [3.05, 3.63) is 35.3 Å². The number of nitrogens with two attached hydrogens (primary N) is 1. The van der Waals surface area contributed by atoms with E-state index in [1.807, 2.05) is 50.4 Å². The molecule has 5 nitrogen and oxygen atoms in total. The van der Waals surface area contributed by atoms with Gasteiger partial charge in [0.05, 0.1) is 11.7 Å². The number of nitrogens with one attached hydrogen (secondary N) is 2. The SMILES string of the molecule is CCC(C)C(N)C(=O)Nc1ccc(Nc2nc(C)cs2)cc1. The first kappa shape index (κ1) is 16.5. The smallest absolute Gasteiger partial charge is 0.241 e. The number of benzene rings is 1. The van der Waals surface area contributed by atoms with Gasteiger partial charge in [0.25, 0.3) is 0 Å². The monoisotopic (exact) mass is 318 g/mol. The fraction of sp³-hybridized carbons (Fsp3) is 0.375. The van der Waals surface area contributed by atoms with Gasteiger partial charge in [-0.1, -0.05) is 20.3 Å². The second kappa shape index (κ2) is 7.38. The van der Waals surface area contributed by atoms with E-state index in [-0.39, 0.29) is 11.8 Å². The Hall–Kier alpha value is -1.92. The first-order chi connectivity index (χ1) is 10.5. The van der Waals surface area contributed by atoms with Crippen LogP contribution < -0.4 is 16.4 Å². The standard InChI is InChI=1S/C16H22N4OS/c1-4-10(2)14(17)15(21)19-12-5-7-13(8-6-12)20-16-18-11(3)9-22-16/h5-10,14H,4,17H2,1-3H3,(H,18,20)(H,19,21). The number of nitrogens with zero attached hydrogens (tertiary/aromatic N) is 1. The Morgan fingerprint density at radius 2 is 1.95 bits per heavy atom. The van der Waals surface area contributed by atoms with Crippen LogP contribution in [0.25, 0.3) is 0 Å². The molecule has 0 fully saturated rings. The molecule has 0 aliphatic heterocycles. The summed E-state index contributed by atoms with van der Waals surface area (Å²) in [5, 5.41) is 8.92. The largest absolute Gasteiger partial charge is 0.332 e. The molecule has 0 aliphatic carbocycles. The van der Waals surface area contributed by atoms with E-state index in [9.17, 15) is 4.79 Å². The van der Waals surface area contributed by atoms with Crippen LogP contribution in [0.15, 0.2) is 29.6 Å². The molecule has 6 heteroatoms. The molecule has 2 rings (SSSR count). The Labute approximate surface area is 135 Å². The summed E-state index contributed by atoms with van der Waals surface area (Å²) in [5.74, 6) is 0.0136. The minimum absolute atomic E-state index is 0.148. The highest BCUT2D eigenvalue weighted by Crippen LogP contribution is 2.22. The fourth-order valence-electron chi connectivity index (χ4n) is 1.91. The second-order valence-corrected chi connectivity index (χ2v) is 6.26. The Kier molecular flexibility index (Phi) is 5.51. The molecule has 1 heterocycles. The highest BCUT2D eigenvalue weighted by Gasteiger charge is 2.19. The summed E-state index contributed by atoms with van der Waals surface area (Å²) in [6.07, 6.45) is 0.880. The van der Waals surface area contributed by atoms with Crippen molar-refractivity contribution in [2.45, 2.75) is 33.2 Å². The van der Waals surface area contributed by atoms with Crippen molar-refractivity contribution in [1.29, 1.82) is 0 Å². The van der Waals surface area contributed by atoms with E-state index in [0.29, 0.717) is 0 Å². The van der Waals surface area contributed by atoms with Crippen LogP contribution in [0.2, 0.25) is 0 Å². The van der Waals surface area contributed by atoms with Gasteiger partial charge in [0.2, 0.25) is 5.91 Å². The summed E-state index contributed by atoms with van der Waals surface area (Å²) in [7, 11) is 0. The predicted molar refractivity (Wildman–Crippen MR) is 92.6 cm³/mol. The van der Waals surface area contributed by atoms with E-state index >= 15 is 0 Å². The van der Waals surface area contributed by atoms with E-state index in [1.54, 1.807) is 11.3 Å². The number of carbonyl (C=O) groups is 1. The number of aryl methyl sites for hydroxylation is 1. The molecule has 22 heavy (non-hydrogen) atoms. The summed E-state index contributed by atoms with van der Waals surface area (Å²) >= 11 is 1.56. The number of aromatic nitrogens is 1. The molecule has 1 amide bonds. The van der Waals surface area contributed by atoms with Crippen LogP contribution >= 0.6 is 11.3 Å². The lowest BCUT2D eigenvalue weighted by atomic mass is 9.99. The van der Waals surface area contributed by atoms with E-state index in [1.165, 1.54) is 0 Å². The number of thiazole rings is 1. The maximum absolute atomic E-state index is 12.0.